The van der Waals surface area contributed by atoms with E-state index in [4.69, 9.17) is 9.47 Å². The van der Waals surface area contributed by atoms with Crippen molar-refractivity contribution < 1.29 is 27.8 Å². The second kappa shape index (κ2) is 7.69. The highest BCUT2D eigenvalue weighted by molar-refractivity contribution is 7.91. The summed E-state index contributed by atoms with van der Waals surface area (Å²) >= 11 is 0. The third-order valence-corrected chi connectivity index (χ3v) is 5.96. The molecule has 0 bridgehead atoms. The van der Waals surface area contributed by atoms with Gasteiger partial charge in [0.05, 0.1) is 16.1 Å². The molecule has 0 aliphatic carbocycles. The van der Waals surface area contributed by atoms with Crippen LogP contribution in [0.15, 0.2) is 29.2 Å². The van der Waals surface area contributed by atoms with Crippen LogP contribution in [0.25, 0.3) is 0 Å². The van der Waals surface area contributed by atoms with Gasteiger partial charge >= 0.3 is 5.97 Å². The molecule has 1 N–H and O–H groups in total. The van der Waals surface area contributed by atoms with E-state index in [1.165, 1.54) is 12.1 Å². The highest BCUT2D eigenvalue weighted by atomic mass is 32.2. The van der Waals surface area contributed by atoms with Crippen molar-refractivity contribution in [3.8, 4) is 17.6 Å². The van der Waals surface area contributed by atoms with Gasteiger partial charge in [-0.3, -0.25) is 4.79 Å². The maximum atomic E-state index is 12.6. The van der Waals surface area contributed by atoms with Crippen molar-refractivity contribution in [3.05, 3.63) is 24.3 Å². The lowest BCUT2D eigenvalue weighted by molar-refractivity contribution is -0.152. The van der Waals surface area contributed by atoms with Crippen LogP contribution in [0.5, 0.6) is 5.75 Å². The molecule has 1 heterocycles. The lowest BCUT2D eigenvalue weighted by Gasteiger charge is -2.32. The molecule has 1 fully saturated rings. The predicted molar refractivity (Wildman–Crippen MR) is 87.6 cm³/mol. The number of hydrogen-bond donors (Lipinski definition) is 1. The molecule has 0 saturated carbocycles. The number of carbonyl (C=O) groups is 1. The predicted octanol–water partition coefficient (Wildman–Crippen LogP) is 1.74. The molecule has 1 saturated heterocycles. The molecule has 0 spiro atoms. The maximum Gasteiger partial charge on any atom is 0.310 e. The number of aliphatic carboxylic acids is 1. The summed E-state index contributed by atoms with van der Waals surface area (Å²) in [6, 6.07) is 5.95. The zero-order valence-electron chi connectivity index (χ0n) is 13.4. The maximum absolute atomic E-state index is 12.6. The van der Waals surface area contributed by atoms with Crippen molar-refractivity contribution in [2.45, 2.75) is 24.7 Å². The minimum atomic E-state index is -3.73. The van der Waals surface area contributed by atoms with Gasteiger partial charge < -0.3 is 14.6 Å². The molecule has 0 unspecified atom stereocenters. The Morgan fingerprint density at radius 3 is 2.46 bits per heavy atom. The van der Waals surface area contributed by atoms with Crippen molar-refractivity contribution >= 4 is 15.8 Å². The Labute approximate surface area is 141 Å². The van der Waals surface area contributed by atoms with Crippen LogP contribution in [0.3, 0.4) is 0 Å². The van der Waals surface area contributed by atoms with E-state index in [0.29, 0.717) is 5.75 Å². The van der Waals surface area contributed by atoms with E-state index >= 15 is 0 Å². The van der Waals surface area contributed by atoms with E-state index in [1.807, 2.05) is 0 Å². The first kappa shape index (κ1) is 18.3. The largest absolute Gasteiger partial charge is 0.481 e. The molecule has 0 aromatic heterocycles. The van der Waals surface area contributed by atoms with E-state index < -0.39 is 27.0 Å². The highest BCUT2D eigenvalue weighted by Gasteiger charge is 2.44. The Morgan fingerprint density at radius 1 is 1.29 bits per heavy atom. The fourth-order valence-corrected chi connectivity index (χ4v) is 4.42. The Bertz CT molecular complexity index is 734. The first-order valence-electron chi connectivity index (χ1n) is 7.56. The third-order valence-electron chi connectivity index (χ3n) is 4.04. The number of carboxylic acids is 1. The normalized spacial score (nSPS) is 16.7. The second-order valence-electron chi connectivity index (χ2n) is 5.64. The Morgan fingerprint density at radius 2 is 1.92 bits per heavy atom. The van der Waals surface area contributed by atoms with Gasteiger partial charge in [-0.2, -0.15) is 0 Å². The number of hydrogen-bond acceptors (Lipinski definition) is 5. The molecule has 0 atom stereocenters. The van der Waals surface area contributed by atoms with Crippen LogP contribution in [-0.2, 0) is 19.4 Å². The van der Waals surface area contributed by atoms with E-state index in [2.05, 4.69) is 11.8 Å². The van der Waals surface area contributed by atoms with E-state index in [9.17, 15) is 18.3 Å². The molecule has 7 heteroatoms. The summed E-state index contributed by atoms with van der Waals surface area (Å²) in [7, 11) is -3.73. The van der Waals surface area contributed by atoms with Gasteiger partial charge in [-0.15, -0.1) is 5.92 Å². The summed E-state index contributed by atoms with van der Waals surface area (Å²) in [6.07, 6.45) is 0.386. The molecular weight excluding hydrogens is 332 g/mol. The van der Waals surface area contributed by atoms with Gasteiger partial charge in [0.25, 0.3) is 0 Å². The summed E-state index contributed by atoms with van der Waals surface area (Å²) in [5.74, 6) is 4.43. The molecule has 0 amide bonds. The number of sulfone groups is 1. The van der Waals surface area contributed by atoms with Crippen LogP contribution in [0, 0.1) is 17.3 Å². The van der Waals surface area contributed by atoms with Gasteiger partial charge in [-0.25, -0.2) is 8.42 Å². The van der Waals surface area contributed by atoms with Gasteiger partial charge in [-0.05, 0) is 44.0 Å². The van der Waals surface area contributed by atoms with E-state index in [0.717, 1.165) is 0 Å². The van der Waals surface area contributed by atoms with Crippen molar-refractivity contribution in [1.29, 1.82) is 0 Å². The summed E-state index contributed by atoms with van der Waals surface area (Å²) in [5, 5.41) is 9.51. The molecule has 6 nitrogen and oxygen atoms in total. The molecule has 2 rings (SSSR count). The minimum Gasteiger partial charge on any atom is -0.481 e. The number of ether oxygens (including phenoxy) is 2. The first-order valence-corrected chi connectivity index (χ1v) is 9.21. The van der Waals surface area contributed by atoms with Crippen molar-refractivity contribution in [3.63, 3.8) is 0 Å². The van der Waals surface area contributed by atoms with Crippen LogP contribution in [-0.4, -0.2) is 45.1 Å². The monoisotopic (exact) mass is 352 g/mol. The lowest BCUT2D eigenvalue weighted by atomic mass is 9.82. The van der Waals surface area contributed by atoms with Gasteiger partial charge in [-0.1, -0.05) is 5.92 Å². The van der Waals surface area contributed by atoms with Gasteiger partial charge in [0, 0.05) is 13.2 Å². The Balaban J connectivity index is 2.16. The first-order chi connectivity index (χ1) is 11.4. The van der Waals surface area contributed by atoms with Crippen LogP contribution in [0.2, 0.25) is 0 Å². The zero-order chi connectivity index (χ0) is 17.6. The molecule has 1 aliphatic heterocycles. The molecule has 24 heavy (non-hydrogen) atoms. The summed E-state index contributed by atoms with van der Waals surface area (Å²) in [6.45, 7) is 2.44. The SMILES string of the molecule is CC#CCOc1ccc(S(=O)(=O)CC2(C(=O)O)CCOCC2)cc1. The van der Waals surface area contributed by atoms with Crippen LogP contribution in [0.1, 0.15) is 19.8 Å². The van der Waals surface area contributed by atoms with E-state index in [1.54, 1.807) is 19.1 Å². The molecule has 1 aromatic rings. The summed E-state index contributed by atoms with van der Waals surface area (Å²) in [4.78, 5) is 11.7. The van der Waals surface area contributed by atoms with Crippen LogP contribution in [0.4, 0.5) is 0 Å². The van der Waals surface area contributed by atoms with Crippen molar-refractivity contribution in [1.82, 2.24) is 0 Å². The standard InChI is InChI=1S/C17H20O6S/c1-2-3-10-23-14-4-6-15(7-5-14)24(20,21)13-17(16(18)19)8-11-22-12-9-17/h4-7H,8-13H2,1H3,(H,18,19). The summed E-state index contributed by atoms with van der Waals surface area (Å²) in [5.41, 5.74) is -1.29. The van der Waals surface area contributed by atoms with Crippen molar-refractivity contribution in [2.24, 2.45) is 5.41 Å². The number of rotatable bonds is 6. The third kappa shape index (κ3) is 4.28. The van der Waals surface area contributed by atoms with E-state index in [-0.39, 0.29) is 37.6 Å². The molecule has 0 radical (unpaired) electrons. The van der Waals surface area contributed by atoms with Crippen LogP contribution < -0.4 is 4.74 Å². The second-order valence-corrected chi connectivity index (χ2v) is 7.63. The van der Waals surface area contributed by atoms with Gasteiger partial charge in [0.2, 0.25) is 0 Å². The lowest BCUT2D eigenvalue weighted by Crippen LogP contribution is -2.42. The zero-order valence-corrected chi connectivity index (χ0v) is 14.3. The molecule has 130 valence electrons. The average Bonchev–Trinajstić information content (AvgIpc) is 2.56. The van der Waals surface area contributed by atoms with Gasteiger partial charge in [0.15, 0.2) is 9.84 Å². The average molecular weight is 352 g/mol. The molecule has 1 aliphatic rings. The van der Waals surface area contributed by atoms with Crippen molar-refractivity contribution in [2.75, 3.05) is 25.6 Å². The Kier molecular flexibility index (Phi) is 5.86. The van der Waals surface area contributed by atoms with Crippen LogP contribution >= 0.6 is 0 Å². The smallest absolute Gasteiger partial charge is 0.310 e. The number of benzene rings is 1. The minimum absolute atomic E-state index is 0.0866. The Hall–Kier alpha value is -2.04. The highest BCUT2D eigenvalue weighted by Crippen LogP contribution is 2.34. The topological polar surface area (TPSA) is 89.9 Å². The fraction of sp³-hybridized carbons (Fsp3) is 0.471. The fourth-order valence-electron chi connectivity index (χ4n) is 2.56. The quantitative estimate of drug-likeness (QED) is 0.785. The number of carboxylic acid groups (broad SMARTS) is 1. The summed E-state index contributed by atoms with van der Waals surface area (Å²) < 4.78 is 35.7. The molecular formula is C17H20O6S. The molecule has 1 aromatic carbocycles. The van der Waals surface area contributed by atoms with Gasteiger partial charge in [0.1, 0.15) is 12.4 Å².